The maximum Gasteiger partial charge on any atom is 0.269 e. The van der Waals surface area contributed by atoms with Crippen molar-refractivity contribution in [3.63, 3.8) is 0 Å². The summed E-state index contributed by atoms with van der Waals surface area (Å²) in [4.78, 5) is 23.9. The van der Waals surface area contributed by atoms with Gasteiger partial charge >= 0.3 is 0 Å². The van der Waals surface area contributed by atoms with Crippen molar-refractivity contribution in [2.24, 2.45) is 0 Å². The van der Waals surface area contributed by atoms with E-state index in [9.17, 15) is 14.9 Å². The molecule has 0 bridgehead atoms. The summed E-state index contributed by atoms with van der Waals surface area (Å²) in [5, 5.41) is 10.6. The van der Waals surface area contributed by atoms with Crippen LogP contribution in [0.15, 0.2) is 48.5 Å². The van der Waals surface area contributed by atoms with Crippen molar-refractivity contribution in [1.82, 2.24) is 0 Å². The van der Waals surface area contributed by atoms with Crippen molar-refractivity contribution < 1.29 is 9.72 Å². The Kier molecular flexibility index (Phi) is 3.79. The fraction of sp³-hybridized carbons (Fsp3) is 0.133. The zero-order chi connectivity index (χ0) is 14.7. The van der Waals surface area contributed by atoms with Crippen LogP contribution in [0.3, 0.4) is 0 Å². The van der Waals surface area contributed by atoms with Crippen LogP contribution in [0.1, 0.15) is 15.9 Å². The number of rotatable bonds is 3. The van der Waals surface area contributed by atoms with Crippen molar-refractivity contribution >= 4 is 17.3 Å². The van der Waals surface area contributed by atoms with E-state index in [2.05, 4.69) is 0 Å². The zero-order valence-electron chi connectivity index (χ0n) is 11.2. The number of hydrogen-bond donors (Lipinski definition) is 0. The van der Waals surface area contributed by atoms with Gasteiger partial charge in [0.15, 0.2) is 0 Å². The van der Waals surface area contributed by atoms with Crippen LogP contribution in [0.5, 0.6) is 0 Å². The minimum absolute atomic E-state index is 0.0280. The predicted octanol–water partition coefficient (Wildman–Crippen LogP) is 3.18. The maximum absolute atomic E-state index is 12.3. The molecule has 0 N–H and O–H groups in total. The van der Waals surface area contributed by atoms with E-state index in [0.29, 0.717) is 5.56 Å². The Hall–Kier alpha value is -2.69. The molecule has 0 spiro atoms. The molecule has 0 aliphatic rings. The Balaban J connectivity index is 2.24. The molecule has 2 aromatic rings. The average molecular weight is 270 g/mol. The first-order valence-corrected chi connectivity index (χ1v) is 6.08. The Morgan fingerprint density at radius 3 is 2.35 bits per heavy atom. The molecule has 20 heavy (non-hydrogen) atoms. The van der Waals surface area contributed by atoms with Gasteiger partial charge in [-0.1, -0.05) is 12.1 Å². The van der Waals surface area contributed by atoms with E-state index in [4.69, 9.17) is 0 Å². The van der Waals surface area contributed by atoms with Crippen LogP contribution >= 0.6 is 0 Å². The maximum atomic E-state index is 12.3. The number of amides is 1. The summed E-state index contributed by atoms with van der Waals surface area (Å²) in [5.41, 5.74) is 2.23. The smallest absolute Gasteiger partial charge is 0.269 e. The second-order valence-electron chi connectivity index (χ2n) is 4.51. The SMILES string of the molecule is Cc1cccc(N(C)C(=O)c2ccc([N+](=O)[O-])cc2)c1. The van der Waals surface area contributed by atoms with Crippen LogP contribution in [-0.4, -0.2) is 17.9 Å². The van der Waals surface area contributed by atoms with Gasteiger partial charge in [0.05, 0.1) is 4.92 Å². The summed E-state index contributed by atoms with van der Waals surface area (Å²) in [7, 11) is 1.68. The summed E-state index contributed by atoms with van der Waals surface area (Å²) in [6.45, 7) is 1.95. The van der Waals surface area contributed by atoms with E-state index in [1.165, 1.54) is 29.2 Å². The average Bonchev–Trinajstić information content (AvgIpc) is 2.46. The molecule has 0 unspecified atom stereocenters. The van der Waals surface area contributed by atoms with Gasteiger partial charge in [-0.05, 0) is 36.8 Å². The van der Waals surface area contributed by atoms with E-state index in [0.717, 1.165) is 11.3 Å². The van der Waals surface area contributed by atoms with E-state index in [1.54, 1.807) is 7.05 Å². The number of benzene rings is 2. The number of anilines is 1. The van der Waals surface area contributed by atoms with E-state index in [-0.39, 0.29) is 11.6 Å². The Morgan fingerprint density at radius 2 is 1.80 bits per heavy atom. The van der Waals surface area contributed by atoms with E-state index < -0.39 is 4.92 Å². The van der Waals surface area contributed by atoms with Gasteiger partial charge < -0.3 is 4.90 Å². The highest BCUT2D eigenvalue weighted by Crippen LogP contribution is 2.18. The van der Waals surface area contributed by atoms with Gasteiger partial charge in [0, 0.05) is 30.4 Å². The van der Waals surface area contributed by atoms with Crippen molar-refractivity contribution in [2.75, 3.05) is 11.9 Å². The lowest BCUT2D eigenvalue weighted by Gasteiger charge is -2.17. The number of aryl methyl sites for hydroxylation is 1. The lowest BCUT2D eigenvalue weighted by Crippen LogP contribution is -2.26. The van der Waals surface area contributed by atoms with E-state index >= 15 is 0 Å². The summed E-state index contributed by atoms with van der Waals surface area (Å²) >= 11 is 0. The molecule has 0 saturated heterocycles. The number of carbonyl (C=O) groups excluding carboxylic acids is 1. The largest absolute Gasteiger partial charge is 0.311 e. The van der Waals surface area contributed by atoms with Crippen molar-refractivity contribution in [1.29, 1.82) is 0 Å². The molecule has 0 atom stereocenters. The van der Waals surface area contributed by atoms with Crippen molar-refractivity contribution in [2.45, 2.75) is 6.92 Å². The first-order valence-electron chi connectivity index (χ1n) is 6.08. The second kappa shape index (κ2) is 5.52. The number of non-ortho nitro benzene ring substituents is 1. The molecule has 0 saturated carbocycles. The molecule has 5 heteroatoms. The highest BCUT2D eigenvalue weighted by molar-refractivity contribution is 6.05. The minimum Gasteiger partial charge on any atom is -0.311 e. The Morgan fingerprint density at radius 1 is 1.15 bits per heavy atom. The molecular weight excluding hydrogens is 256 g/mol. The standard InChI is InChI=1S/C15H14N2O3/c1-11-4-3-5-14(10-11)16(2)15(18)12-6-8-13(9-7-12)17(19)20/h3-10H,1-2H3. The second-order valence-corrected chi connectivity index (χ2v) is 4.51. The normalized spacial score (nSPS) is 10.1. The van der Waals surface area contributed by atoms with Crippen LogP contribution in [0, 0.1) is 17.0 Å². The fourth-order valence-electron chi connectivity index (χ4n) is 1.87. The molecule has 0 fully saturated rings. The fourth-order valence-corrected chi connectivity index (χ4v) is 1.87. The highest BCUT2D eigenvalue weighted by Gasteiger charge is 2.14. The highest BCUT2D eigenvalue weighted by atomic mass is 16.6. The van der Waals surface area contributed by atoms with Gasteiger partial charge in [-0.15, -0.1) is 0 Å². The van der Waals surface area contributed by atoms with Gasteiger partial charge in [0.25, 0.3) is 11.6 Å². The number of carbonyl (C=O) groups is 1. The first-order chi connectivity index (χ1) is 9.49. The summed E-state index contributed by atoms with van der Waals surface area (Å²) in [6.07, 6.45) is 0. The molecule has 102 valence electrons. The molecule has 0 aromatic heterocycles. The molecule has 2 rings (SSSR count). The third-order valence-corrected chi connectivity index (χ3v) is 3.02. The van der Waals surface area contributed by atoms with Crippen LogP contribution < -0.4 is 4.90 Å². The quantitative estimate of drug-likeness (QED) is 0.635. The molecular formula is C15H14N2O3. The van der Waals surface area contributed by atoms with Gasteiger partial charge in [-0.25, -0.2) is 0 Å². The third kappa shape index (κ3) is 2.83. The number of nitro benzene ring substituents is 1. The lowest BCUT2D eigenvalue weighted by molar-refractivity contribution is -0.384. The number of hydrogen-bond acceptors (Lipinski definition) is 3. The molecule has 0 radical (unpaired) electrons. The molecule has 5 nitrogen and oxygen atoms in total. The molecule has 2 aromatic carbocycles. The Labute approximate surface area is 116 Å². The summed E-state index contributed by atoms with van der Waals surface area (Å²) < 4.78 is 0. The summed E-state index contributed by atoms with van der Waals surface area (Å²) in [5.74, 6) is -0.203. The van der Waals surface area contributed by atoms with Gasteiger partial charge in [-0.3, -0.25) is 14.9 Å². The van der Waals surface area contributed by atoms with Crippen molar-refractivity contribution in [3.8, 4) is 0 Å². The predicted molar refractivity (Wildman–Crippen MR) is 77.0 cm³/mol. The van der Waals surface area contributed by atoms with Gasteiger partial charge in [0.1, 0.15) is 0 Å². The van der Waals surface area contributed by atoms with Crippen LogP contribution in [0.4, 0.5) is 11.4 Å². The third-order valence-electron chi connectivity index (χ3n) is 3.02. The minimum atomic E-state index is -0.488. The first kappa shape index (κ1) is 13.7. The summed E-state index contributed by atoms with van der Waals surface area (Å²) in [6, 6.07) is 13.2. The number of nitro groups is 1. The van der Waals surface area contributed by atoms with E-state index in [1.807, 2.05) is 31.2 Å². The Bertz CT molecular complexity index is 650. The molecule has 0 aliphatic carbocycles. The monoisotopic (exact) mass is 270 g/mol. The van der Waals surface area contributed by atoms with Gasteiger partial charge in [0.2, 0.25) is 0 Å². The van der Waals surface area contributed by atoms with Crippen LogP contribution in [0.25, 0.3) is 0 Å². The van der Waals surface area contributed by atoms with Crippen molar-refractivity contribution in [3.05, 3.63) is 69.8 Å². The topological polar surface area (TPSA) is 63.5 Å². The van der Waals surface area contributed by atoms with Crippen LogP contribution in [-0.2, 0) is 0 Å². The van der Waals surface area contributed by atoms with Gasteiger partial charge in [-0.2, -0.15) is 0 Å². The van der Waals surface area contributed by atoms with Crippen LogP contribution in [0.2, 0.25) is 0 Å². The molecule has 1 amide bonds. The zero-order valence-corrected chi connectivity index (χ0v) is 11.2. The molecule has 0 heterocycles. The lowest BCUT2D eigenvalue weighted by atomic mass is 10.1. The number of nitrogens with zero attached hydrogens (tertiary/aromatic N) is 2. The molecule has 0 aliphatic heterocycles.